The Bertz CT molecular complexity index is 421. The third-order valence-corrected chi connectivity index (χ3v) is 2.99. The Morgan fingerprint density at radius 3 is 2.76 bits per heavy atom. The Morgan fingerprint density at radius 2 is 2.12 bits per heavy atom. The van der Waals surface area contributed by atoms with Crippen molar-refractivity contribution >= 4 is 17.7 Å². The Labute approximate surface area is 98.1 Å². The van der Waals surface area contributed by atoms with Crippen LogP contribution in [0.4, 0.5) is 5.82 Å². The molecule has 1 amide bonds. The highest BCUT2D eigenvalue weighted by Crippen LogP contribution is 2.32. The molecular weight excluding hydrogens is 222 g/mol. The summed E-state index contributed by atoms with van der Waals surface area (Å²) < 4.78 is 0. The van der Waals surface area contributed by atoms with Gasteiger partial charge in [-0.05, 0) is 25.0 Å². The molecule has 1 saturated carbocycles. The molecule has 0 saturated heterocycles. The van der Waals surface area contributed by atoms with Gasteiger partial charge in [0.05, 0.1) is 11.8 Å². The minimum absolute atomic E-state index is 0.282. The molecular formula is C11H13N3O3. The van der Waals surface area contributed by atoms with Gasteiger partial charge in [-0.15, -0.1) is 5.10 Å². The lowest BCUT2D eigenvalue weighted by molar-refractivity contribution is -0.145. The first-order valence-corrected chi connectivity index (χ1v) is 5.50. The smallest absolute Gasteiger partial charge is 0.307 e. The van der Waals surface area contributed by atoms with E-state index >= 15 is 0 Å². The van der Waals surface area contributed by atoms with Gasteiger partial charge >= 0.3 is 5.97 Å². The van der Waals surface area contributed by atoms with Crippen molar-refractivity contribution in [3.63, 3.8) is 0 Å². The van der Waals surface area contributed by atoms with Gasteiger partial charge in [-0.25, -0.2) is 0 Å². The first kappa shape index (κ1) is 11.5. The molecule has 0 aliphatic heterocycles. The van der Waals surface area contributed by atoms with E-state index in [-0.39, 0.29) is 5.91 Å². The minimum atomic E-state index is -0.901. The molecule has 2 N–H and O–H groups in total. The average Bonchev–Trinajstić information content (AvgIpc) is 2.79. The van der Waals surface area contributed by atoms with Crippen molar-refractivity contribution in [3.05, 3.63) is 18.3 Å². The molecule has 90 valence electrons. The van der Waals surface area contributed by atoms with Crippen molar-refractivity contribution in [2.24, 2.45) is 11.8 Å². The molecule has 1 aromatic rings. The number of anilines is 1. The Hall–Kier alpha value is -1.98. The molecule has 0 spiro atoms. The summed E-state index contributed by atoms with van der Waals surface area (Å²) in [5.41, 5.74) is 0. The topological polar surface area (TPSA) is 92.2 Å². The van der Waals surface area contributed by atoms with Gasteiger partial charge in [0, 0.05) is 6.20 Å². The summed E-state index contributed by atoms with van der Waals surface area (Å²) in [5.74, 6) is -1.87. The van der Waals surface area contributed by atoms with E-state index in [1.54, 1.807) is 12.1 Å². The predicted molar refractivity (Wildman–Crippen MR) is 59.1 cm³/mol. The first-order chi connectivity index (χ1) is 8.18. The summed E-state index contributed by atoms with van der Waals surface area (Å²) in [7, 11) is 0. The van der Waals surface area contributed by atoms with Gasteiger partial charge in [-0.1, -0.05) is 6.42 Å². The number of nitrogens with one attached hydrogen (secondary N) is 1. The van der Waals surface area contributed by atoms with Crippen LogP contribution in [-0.4, -0.2) is 27.2 Å². The maximum absolute atomic E-state index is 11.9. The molecule has 2 rings (SSSR count). The highest BCUT2D eigenvalue weighted by Gasteiger charge is 2.37. The highest BCUT2D eigenvalue weighted by molar-refractivity contribution is 5.94. The minimum Gasteiger partial charge on any atom is -0.481 e. The van der Waals surface area contributed by atoms with Gasteiger partial charge < -0.3 is 10.4 Å². The fourth-order valence-electron chi connectivity index (χ4n) is 2.16. The van der Waals surface area contributed by atoms with Crippen molar-refractivity contribution in [3.8, 4) is 0 Å². The second kappa shape index (κ2) is 4.90. The standard InChI is InChI=1S/C11H13N3O3/c15-10(13-9-5-2-6-12-14-9)7-3-1-4-8(7)11(16)17/h2,5-8H,1,3-4H2,(H,16,17)(H,13,14,15). The highest BCUT2D eigenvalue weighted by atomic mass is 16.4. The summed E-state index contributed by atoms with van der Waals surface area (Å²) >= 11 is 0. The maximum atomic E-state index is 11.9. The number of hydrogen-bond acceptors (Lipinski definition) is 4. The van der Waals surface area contributed by atoms with Crippen LogP contribution < -0.4 is 5.32 Å². The van der Waals surface area contributed by atoms with Crippen molar-refractivity contribution in [2.45, 2.75) is 19.3 Å². The van der Waals surface area contributed by atoms with E-state index in [9.17, 15) is 9.59 Å². The molecule has 1 aromatic heterocycles. The van der Waals surface area contributed by atoms with Gasteiger partial charge in [0.25, 0.3) is 0 Å². The second-order valence-corrected chi connectivity index (χ2v) is 4.08. The first-order valence-electron chi connectivity index (χ1n) is 5.50. The maximum Gasteiger partial charge on any atom is 0.307 e. The number of hydrogen-bond donors (Lipinski definition) is 2. The number of carboxylic acid groups (broad SMARTS) is 1. The number of carbonyl (C=O) groups is 2. The van der Waals surface area contributed by atoms with Crippen LogP contribution in [0.1, 0.15) is 19.3 Å². The van der Waals surface area contributed by atoms with Crippen LogP contribution in [0.5, 0.6) is 0 Å². The Balaban J connectivity index is 2.03. The van der Waals surface area contributed by atoms with Gasteiger partial charge in [-0.3, -0.25) is 9.59 Å². The summed E-state index contributed by atoms with van der Waals surface area (Å²) in [6, 6.07) is 3.28. The number of aliphatic carboxylic acids is 1. The van der Waals surface area contributed by atoms with Crippen LogP contribution in [0, 0.1) is 11.8 Å². The molecule has 0 bridgehead atoms. The van der Waals surface area contributed by atoms with Crippen LogP contribution in [0.2, 0.25) is 0 Å². The lowest BCUT2D eigenvalue weighted by Crippen LogP contribution is -2.30. The summed E-state index contributed by atoms with van der Waals surface area (Å²) in [6.07, 6.45) is 3.46. The third-order valence-electron chi connectivity index (χ3n) is 2.99. The zero-order valence-corrected chi connectivity index (χ0v) is 9.17. The van der Waals surface area contributed by atoms with E-state index in [4.69, 9.17) is 5.11 Å². The summed E-state index contributed by atoms with van der Waals surface area (Å²) in [4.78, 5) is 22.8. The largest absolute Gasteiger partial charge is 0.481 e. The van der Waals surface area contributed by atoms with E-state index in [1.165, 1.54) is 6.20 Å². The van der Waals surface area contributed by atoms with E-state index in [0.29, 0.717) is 18.7 Å². The molecule has 2 atom stereocenters. The zero-order chi connectivity index (χ0) is 12.3. The van der Waals surface area contributed by atoms with Crippen molar-refractivity contribution < 1.29 is 14.7 Å². The van der Waals surface area contributed by atoms with Gasteiger partial charge in [0.1, 0.15) is 0 Å². The molecule has 0 radical (unpaired) electrons. The second-order valence-electron chi connectivity index (χ2n) is 4.08. The predicted octanol–water partition coefficient (Wildman–Crippen LogP) is 0.916. The van der Waals surface area contributed by atoms with Crippen LogP contribution in [-0.2, 0) is 9.59 Å². The van der Waals surface area contributed by atoms with Crippen molar-refractivity contribution in [1.29, 1.82) is 0 Å². The molecule has 2 unspecified atom stereocenters. The Kier molecular flexibility index (Phi) is 3.32. The fourth-order valence-corrected chi connectivity index (χ4v) is 2.16. The van der Waals surface area contributed by atoms with E-state index in [1.807, 2.05) is 0 Å². The summed E-state index contributed by atoms with van der Waals surface area (Å²) in [6.45, 7) is 0. The normalized spacial score (nSPS) is 23.3. The molecule has 0 aromatic carbocycles. The average molecular weight is 235 g/mol. The zero-order valence-electron chi connectivity index (χ0n) is 9.17. The molecule has 1 aliphatic carbocycles. The van der Waals surface area contributed by atoms with E-state index < -0.39 is 17.8 Å². The lowest BCUT2D eigenvalue weighted by Gasteiger charge is -2.14. The number of carbonyl (C=O) groups excluding carboxylic acids is 1. The van der Waals surface area contributed by atoms with Crippen LogP contribution in [0.3, 0.4) is 0 Å². The number of amides is 1. The van der Waals surface area contributed by atoms with E-state index in [0.717, 1.165) is 6.42 Å². The number of aromatic nitrogens is 2. The quantitative estimate of drug-likeness (QED) is 0.812. The molecule has 1 fully saturated rings. The number of nitrogens with zero attached hydrogens (tertiary/aromatic N) is 2. The van der Waals surface area contributed by atoms with Crippen LogP contribution >= 0.6 is 0 Å². The van der Waals surface area contributed by atoms with Crippen molar-refractivity contribution in [1.82, 2.24) is 10.2 Å². The number of carboxylic acids is 1. The van der Waals surface area contributed by atoms with Gasteiger partial charge in [0.2, 0.25) is 5.91 Å². The van der Waals surface area contributed by atoms with Crippen molar-refractivity contribution in [2.75, 3.05) is 5.32 Å². The van der Waals surface area contributed by atoms with Gasteiger partial charge in [-0.2, -0.15) is 5.10 Å². The monoisotopic (exact) mass is 235 g/mol. The molecule has 1 heterocycles. The van der Waals surface area contributed by atoms with Gasteiger partial charge in [0.15, 0.2) is 5.82 Å². The molecule has 6 heteroatoms. The summed E-state index contributed by atoms with van der Waals surface area (Å²) in [5, 5.41) is 19.0. The molecule has 17 heavy (non-hydrogen) atoms. The van der Waals surface area contributed by atoms with Crippen LogP contribution in [0.25, 0.3) is 0 Å². The lowest BCUT2D eigenvalue weighted by atomic mass is 9.95. The SMILES string of the molecule is O=C(O)C1CCCC1C(=O)Nc1cccnn1. The molecule has 6 nitrogen and oxygen atoms in total. The fraction of sp³-hybridized carbons (Fsp3) is 0.455. The number of rotatable bonds is 3. The van der Waals surface area contributed by atoms with Crippen LogP contribution in [0.15, 0.2) is 18.3 Å². The van der Waals surface area contributed by atoms with E-state index in [2.05, 4.69) is 15.5 Å². The molecule has 1 aliphatic rings. The Morgan fingerprint density at radius 1 is 1.35 bits per heavy atom. The third kappa shape index (κ3) is 2.58.